The van der Waals surface area contributed by atoms with E-state index in [1.165, 1.54) is 4.90 Å². The summed E-state index contributed by atoms with van der Waals surface area (Å²) < 4.78 is 0. The number of amides is 3. The number of aliphatic carboxylic acids is 1. The van der Waals surface area contributed by atoms with E-state index in [0.29, 0.717) is 19.4 Å². The van der Waals surface area contributed by atoms with Crippen LogP contribution in [0.1, 0.15) is 26.7 Å². The van der Waals surface area contributed by atoms with Crippen molar-refractivity contribution in [3.8, 4) is 0 Å². The molecule has 0 aromatic carbocycles. The van der Waals surface area contributed by atoms with Gasteiger partial charge in [-0.2, -0.15) is 0 Å². The minimum Gasteiger partial charge on any atom is -0.481 e. The van der Waals surface area contributed by atoms with Crippen LogP contribution < -0.4 is 10.6 Å². The lowest BCUT2D eigenvalue weighted by Gasteiger charge is -2.18. The summed E-state index contributed by atoms with van der Waals surface area (Å²) in [5, 5.41) is 13.8. The molecular weight excluding hydrogens is 250 g/mol. The molecule has 2 unspecified atom stereocenters. The summed E-state index contributed by atoms with van der Waals surface area (Å²) in [6.45, 7) is 3.61. The number of rotatable bonds is 7. The molecule has 19 heavy (non-hydrogen) atoms. The smallest absolute Gasteiger partial charge is 0.315 e. The summed E-state index contributed by atoms with van der Waals surface area (Å²) in [7, 11) is 3.23. The van der Waals surface area contributed by atoms with Gasteiger partial charge in [-0.15, -0.1) is 0 Å². The fraction of sp³-hybridized carbons (Fsp3) is 0.750. The molecule has 0 spiro atoms. The van der Waals surface area contributed by atoms with Crippen LogP contribution in [0.15, 0.2) is 0 Å². The second-order valence-corrected chi connectivity index (χ2v) is 4.74. The minimum atomic E-state index is -0.838. The molecule has 0 fully saturated rings. The van der Waals surface area contributed by atoms with Crippen molar-refractivity contribution >= 4 is 17.9 Å². The average molecular weight is 273 g/mol. The number of carboxylic acid groups (broad SMARTS) is 1. The summed E-state index contributed by atoms with van der Waals surface area (Å²) in [6.07, 6.45) is 1.08. The molecule has 110 valence electrons. The first-order valence-electron chi connectivity index (χ1n) is 6.24. The molecule has 3 amide bonds. The largest absolute Gasteiger partial charge is 0.481 e. The molecule has 0 aliphatic heterocycles. The number of nitrogens with zero attached hydrogens (tertiary/aromatic N) is 1. The fourth-order valence-corrected chi connectivity index (χ4v) is 1.43. The zero-order valence-electron chi connectivity index (χ0n) is 11.9. The van der Waals surface area contributed by atoms with Crippen LogP contribution in [0.5, 0.6) is 0 Å². The van der Waals surface area contributed by atoms with Crippen LogP contribution in [0.4, 0.5) is 4.79 Å². The monoisotopic (exact) mass is 273 g/mol. The highest BCUT2D eigenvalue weighted by Gasteiger charge is 2.16. The van der Waals surface area contributed by atoms with Gasteiger partial charge in [-0.3, -0.25) is 9.59 Å². The van der Waals surface area contributed by atoms with Gasteiger partial charge in [0.1, 0.15) is 6.04 Å². The molecule has 0 bridgehead atoms. The number of carboxylic acids is 1. The quantitative estimate of drug-likeness (QED) is 0.579. The van der Waals surface area contributed by atoms with Crippen LogP contribution in [-0.4, -0.2) is 54.6 Å². The van der Waals surface area contributed by atoms with Crippen molar-refractivity contribution in [1.82, 2.24) is 15.5 Å². The number of nitrogens with one attached hydrogen (secondary N) is 2. The molecule has 3 N–H and O–H groups in total. The third-order valence-electron chi connectivity index (χ3n) is 2.68. The second-order valence-electron chi connectivity index (χ2n) is 4.74. The number of carbonyl (C=O) groups is 3. The van der Waals surface area contributed by atoms with E-state index in [2.05, 4.69) is 10.6 Å². The van der Waals surface area contributed by atoms with E-state index in [9.17, 15) is 14.4 Å². The van der Waals surface area contributed by atoms with E-state index in [4.69, 9.17) is 5.11 Å². The van der Waals surface area contributed by atoms with Crippen molar-refractivity contribution < 1.29 is 19.5 Å². The van der Waals surface area contributed by atoms with Crippen LogP contribution in [0, 0.1) is 5.92 Å². The Bertz CT molecular complexity index is 331. The zero-order chi connectivity index (χ0) is 15.0. The highest BCUT2D eigenvalue weighted by Crippen LogP contribution is 2.04. The number of hydrogen-bond acceptors (Lipinski definition) is 3. The van der Waals surface area contributed by atoms with Gasteiger partial charge in [0.05, 0.1) is 5.92 Å². The molecule has 0 saturated carbocycles. The van der Waals surface area contributed by atoms with Crippen molar-refractivity contribution in [3.05, 3.63) is 0 Å². The van der Waals surface area contributed by atoms with E-state index in [0.717, 1.165) is 0 Å². The minimum absolute atomic E-state index is 0.186. The van der Waals surface area contributed by atoms with Gasteiger partial charge in [0.15, 0.2) is 0 Å². The lowest BCUT2D eigenvalue weighted by atomic mass is 10.1. The first-order valence-corrected chi connectivity index (χ1v) is 6.24. The SMILES string of the molecule is CC(CCCNC(=O)NC(C)C(=O)N(C)C)C(=O)O. The molecule has 7 nitrogen and oxygen atoms in total. The van der Waals surface area contributed by atoms with E-state index in [1.54, 1.807) is 27.9 Å². The predicted octanol–water partition coefficient (Wildman–Crippen LogP) is 0.263. The van der Waals surface area contributed by atoms with E-state index in [1.807, 2.05) is 0 Å². The fourth-order valence-electron chi connectivity index (χ4n) is 1.43. The predicted molar refractivity (Wildman–Crippen MR) is 70.7 cm³/mol. The maximum Gasteiger partial charge on any atom is 0.315 e. The summed E-state index contributed by atoms with van der Waals surface area (Å²) in [5.74, 6) is -1.44. The summed E-state index contributed by atoms with van der Waals surface area (Å²) in [5.41, 5.74) is 0. The standard InChI is InChI=1S/C12H23N3O4/c1-8(11(17)18)6-5-7-13-12(19)14-9(2)10(16)15(3)4/h8-9H,5-7H2,1-4H3,(H,17,18)(H2,13,14,19). The Labute approximate surface area is 113 Å². The molecule has 0 aromatic heterocycles. The Morgan fingerprint density at radius 3 is 2.26 bits per heavy atom. The Kier molecular flexibility index (Phi) is 7.55. The highest BCUT2D eigenvalue weighted by atomic mass is 16.4. The molecule has 0 radical (unpaired) electrons. The van der Waals surface area contributed by atoms with Gasteiger partial charge in [0.2, 0.25) is 5.91 Å². The van der Waals surface area contributed by atoms with Gasteiger partial charge >= 0.3 is 12.0 Å². The first kappa shape index (κ1) is 17.2. The Balaban J connectivity index is 3.82. The molecule has 0 heterocycles. The molecular formula is C12H23N3O4. The topological polar surface area (TPSA) is 98.7 Å². The van der Waals surface area contributed by atoms with E-state index in [-0.39, 0.29) is 5.91 Å². The van der Waals surface area contributed by atoms with Crippen LogP contribution in [0.25, 0.3) is 0 Å². The van der Waals surface area contributed by atoms with Crippen LogP contribution >= 0.6 is 0 Å². The van der Waals surface area contributed by atoms with Gasteiger partial charge in [-0.05, 0) is 19.8 Å². The highest BCUT2D eigenvalue weighted by molar-refractivity contribution is 5.86. The molecule has 0 rings (SSSR count). The summed E-state index contributed by atoms with van der Waals surface area (Å²) in [6, 6.07) is -1.02. The molecule has 7 heteroatoms. The van der Waals surface area contributed by atoms with Crippen molar-refractivity contribution in [3.63, 3.8) is 0 Å². The van der Waals surface area contributed by atoms with Gasteiger partial charge in [0.25, 0.3) is 0 Å². The zero-order valence-corrected chi connectivity index (χ0v) is 11.9. The number of likely N-dealkylation sites (N-methyl/N-ethyl adjacent to an activating group) is 1. The molecule has 0 aliphatic rings. The maximum atomic E-state index is 11.5. The maximum absolute atomic E-state index is 11.5. The third-order valence-corrected chi connectivity index (χ3v) is 2.68. The van der Waals surface area contributed by atoms with Gasteiger partial charge in [0, 0.05) is 20.6 Å². The summed E-state index contributed by atoms with van der Waals surface area (Å²) >= 11 is 0. The third kappa shape index (κ3) is 7.28. The van der Waals surface area contributed by atoms with Gasteiger partial charge < -0.3 is 20.6 Å². The molecule has 0 saturated heterocycles. The normalized spacial score (nSPS) is 13.3. The Morgan fingerprint density at radius 1 is 1.21 bits per heavy atom. The van der Waals surface area contributed by atoms with Crippen molar-refractivity contribution in [1.29, 1.82) is 0 Å². The number of carbonyl (C=O) groups excluding carboxylic acids is 2. The van der Waals surface area contributed by atoms with Crippen LogP contribution in [-0.2, 0) is 9.59 Å². The first-order chi connectivity index (χ1) is 8.75. The number of hydrogen-bond donors (Lipinski definition) is 3. The van der Waals surface area contributed by atoms with E-state index < -0.39 is 24.0 Å². The lowest BCUT2D eigenvalue weighted by molar-refractivity contribution is -0.141. The molecule has 2 atom stereocenters. The van der Waals surface area contributed by atoms with Gasteiger partial charge in [-0.25, -0.2) is 4.79 Å². The van der Waals surface area contributed by atoms with Crippen LogP contribution in [0.2, 0.25) is 0 Å². The average Bonchev–Trinajstić information content (AvgIpc) is 2.32. The second kappa shape index (κ2) is 8.34. The van der Waals surface area contributed by atoms with Gasteiger partial charge in [-0.1, -0.05) is 6.92 Å². The van der Waals surface area contributed by atoms with E-state index >= 15 is 0 Å². The van der Waals surface area contributed by atoms with Crippen LogP contribution in [0.3, 0.4) is 0 Å². The Hall–Kier alpha value is -1.79. The summed E-state index contributed by atoms with van der Waals surface area (Å²) in [4.78, 5) is 34.9. The van der Waals surface area contributed by atoms with Crippen molar-refractivity contribution in [2.24, 2.45) is 5.92 Å². The van der Waals surface area contributed by atoms with Crippen molar-refractivity contribution in [2.75, 3.05) is 20.6 Å². The Morgan fingerprint density at radius 2 is 1.79 bits per heavy atom. The molecule has 0 aliphatic carbocycles. The van der Waals surface area contributed by atoms with Crippen molar-refractivity contribution in [2.45, 2.75) is 32.7 Å². The number of urea groups is 1. The lowest BCUT2D eigenvalue weighted by Crippen LogP contribution is -2.48. The molecule has 0 aromatic rings.